The zero-order valence-electron chi connectivity index (χ0n) is 14.4. The molecule has 0 saturated heterocycles. The molecule has 1 aliphatic rings. The molecule has 3 heterocycles. The predicted octanol–water partition coefficient (Wildman–Crippen LogP) is 3.53. The normalized spacial score (nSPS) is 16.0. The number of rotatable bonds is 4. The Morgan fingerprint density at radius 2 is 2.12 bits per heavy atom. The van der Waals surface area contributed by atoms with E-state index in [-0.39, 0.29) is 6.04 Å². The molecule has 0 bridgehead atoms. The first-order valence-electron chi connectivity index (χ1n) is 8.71. The molecule has 7 heteroatoms. The van der Waals surface area contributed by atoms with Gasteiger partial charge in [0.25, 0.3) is 0 Å². The van der Waals surface area contributed by atoms with E-state index in [0.29, 0.717) is 5.95 Å². The van der Waals surface area contributed by atoms with Crippen LogP contribution in [0.15, 0.2) is 48.9 Å². The van der Waals surface area contributed by atoms with Crippen molar-refractivity contribution in [3.63, 3.8) is 0 Å². The van der Waals surface area contributed by atoms with Crippen LogP contribution in [0, 0.1) is 0 Å². The van der Waals surface area contributed by atoms with Gasteiger partial charge in [-0.2, -0.15) is 15.1 Å². The number of fused-ring (bicyclic) bond motifs is 2. The fraction of sp³-hybridized carbons (Fsp3) is 0.211. The molecule has 1 aromatic carbocycles. The molecular formula is C19H19N7. The molecule has 4 aromatic rings. The van der Waals surface area contributed by atoms with Crippen molar-refractivity contribution >= 4 is 28.5 Å². The third kappa shape index (κ3) is 2.57. The van der Waals surface area contributed by atoms with Gasteiger partial charge in [0.15, 0.2) is 0 Å². The zero-order valence-corrected chi connectivity index (χ0v) is 14.4. The molecule has 3 aromatic heterocycles. The van der Waals surface area contributed by atoms with Crippen molar-refractivity contribution in [2.75, 3.05) is 10.6 Å². The van der Waals surface area contributed by atoms with Gasteiger partial charge in [-0.15, -0.1) is 0 Å². The lowest BCUT2D eigenvalue weighted by Gasteiger charge is -2.16. The number of hydrogen-bond donors (Lipinski definition) is 3. The number of anilines is 3. The minimum atomic E-state index is 0.269. The highest BCUT2D eigenvalue weighted by molar-refractivity contribution is 5.88. The lowest BCUT2D eigenvalue weighted by molar-refractivity contribution is 0.758. The smallest absolute Gasteiger partial charge is 0.231 e. The van der Waals surface area contributed by atoms with Crippen LogP contribution in [0.1, 0.15) is 23.6 Å². The van der Waals surface area contributed by atoms with Crippen molar-refractivity contribution in [2.24, 2.45) is 7.05 Å². The molecule has 0 fully saturated rings. The second-order valence-corrected chi connectivity index (χ2v) is 6.60. The van der Waals surface area contributed by atoms with Crippen molar-refractivity contribution in [1.29, 1.82) is 0 Å². The number of aryl methyl sites for hydroxylation is 2. The number of aromatic amines is 1. The van der Waals surface area contributed by atoms with Gasteiger partial charge in [-0.05, 0) is 30.0 Å². The van der Waals surface area contributed by atoms with Gasteiger partial charge in [-0.1, -0.05) is 24.3 Å². The number of benzene rings is 1. The quantitative estimate of drug-likeness (QED) is 0.527. The third-order valence-electron chi connectivity index (χ3n) is 4.82. The maximum Gasteiger partial charge on any atom is 0.231 e. The summed E-state index contributed by atoms with van der Waals surface area (Å²) in [5, 5.41) is 12.0. The second kappa shape index (κ2) is 5.87. The molecule has 0 saturated carbocycles. The topological polar surface area (TPSA) is 83.5 Å². The Hall–Kier alpha value is -3.35. The lowest BCUT2D eigenvalue weighted by Crippen LogP contribution is -2.10. The van der Waals surface area contributed by atoms with Crippen molar-refractivity contribution in [2.45, 2.75) is 18.9 Å². The van der Waals surface area contributed by atoms with E-state index in [2.05, 4.69) is 50.0 Å². The van der Waals surface area contributed by atoms with Gasteiger partial charge in [0.2, 0.25) is 5.95 Å². The highest BCUT2D eigenvalue weighted by Gasteiger charge is 2.23. The zero-order chi connectivity index (χ0) is 17.5. The van der Waals surface area contributed by atoms with Gasteiger partial charge in [0, 0.05) is 19.4 Å². The summed E-state index contributed by atoms with van der Waals surface area (Å²) < 4.78 is 1.74. The van der Waals surface area contributed by atoms with Gasteiger partial charge < -0.3 is 15.6 Å². The van der Waals surface area contributed by atoms with Crippen LogP contribution in [0.4, 0.5) is 17.5 Å². The highest BCUT2D eigenvalue weighted by Crippen LogP contribution is 2.35. The SMILES string of the molecule is Cn1cc(Nc2nc(N[C@H]3CCc4ccccc43)c3cc[nH]c3n2)cn1. The average Bonchev–Trinajstić information content (AvgIpc) is 3.36. The number of H-pyrrole nitrogens is 1. The Labute approximate surface area is 150 Å². The molecule has 130 valence electrons. The average molecular weight is 345 g/mol. The fourth-order valence-corrected chi connectivity index (χ4v) is 3.59. The molecule has 0 radical (unpaired) electrons. The van der Waals surface area contributed by atoms with Crippen molar-refractivity contribution in [3.8, 4) is 0 Å². The summed E-state index contributed by atoms with van der Waals surface area (Å²) in [6, 6.07) is 10.9. The van der Waals surface area contributed by atoms with E-state index in [9.17, 15) is 0 Å². The first kappa shape index (κ1) is 14.9. The van der Waals surface area contributed by atoms with Crippen LogP contribution in [0.2, 0.25) is 0 Å². The first-order valence-corrected chi connectivity index (χ1v) is 8.71. The van der Waals surface area contributed by atoms with Crippen LogP contribution in [-0.2, 0) is 13.5 Å². The van der Waals surface area contributed by atoms with Gasteiger partial charge in [-0.3, -0.25) is 4.68 Å². The number of nitrogens with one attached hydrogen (secondary N) is 3. The largest absolute Gasteiger partial charge is 0.363 e. The van der Waals surface area contributed by atoms with E-state index in [0.717, 1.165) is 35.4 Å². The van der Waals surface area contributed by atoms with E-state index in [1.165, 1.54) is 11.1 Å². The van der Waals surface area contributed by atoms with E-state index < -0.39 is 0 Å². The second-order valence-electron chi connectivity index (χ2n) is 6.60. The molecule has 7 nitrogen and oxygen atoms in total. The highest BCUT2D eigenvalue weighted by atomic mass is 15.3. The number of nitrogens with zero attached hydrogens (tertiary/aromatic N) is 4. The van der Waals surface area contributed by atoms with Gasteiger partial charge >= 0.3 is 0 Å². The van der Waals surface area contributed by atoms with E-state index in [1.54, 1.807) is 10.9 Å². The molecule has 5 rings (SSSR count). The Kier molecular flexibility index (Phi) is 3.38. The minimum absolute atomic E-state index is 0.269. The Balaban J connectivity index is 1.50. The number of hydrogen-bond acceptors (Lipinski definition) is 5. The van der Waals surface area contributed by atoms with E-state index in [4.69, 9.17) is 4.98 Å². The van der Waals surface area contributed by atoms with Gasteiger partial charge in [0.05, 0.1) is 23.3 Å². The van der Waals surface area contributed by atoms with E-state index >= 15 is 0 Å². The van der Waals surface area contributed by atoms with Crippen molar-refractivity contribution < 1.29 is 0 Å². The lowest BCUT2D eigenvalue weighted by atomic mass is 10.1. The van der Waals surface area contributed by atoms with Crippen LogP contribution in [0.25, 0.3) is 11.0 Å². The summed E-state index contributed by atoms with van der Waals surface area (Å²) in [6.45, 7) is 0. The number of aromatic nitrogens is 5. The van der Waals surface area contributed by atoms with Crippen molar-refractivity contribution in [1.82, 2.24) is 24.7 Å². The molecule has 0 amide bonds. The summed E-state index contributed by atoms with van der Waals surface area (Å²) in [6.07, 6.45) is 7.70. The Bertz CT molecular complexity index is 1080. The molecule has 0 spiro atoms. The minimum Gasteiger partial charge on any atom is -0.363 e. The summed E-state index contributed by atoms with van der Waals surface area (Å²) in [4.78, 5) is 12.5. The molecular weight excluding hydrogens is 326 g/mol. The maximum atomic E-state index is 4.72. The summed E-state index contributed by atoms with van der Waals surface area (Å²) in [5.41, 5.74) is 4.44. The van der Waals surface area contributed by atoms with Crippen LogP contribution in [0.3, 0.4) is 0 Å². The summed E-state index contributed by atoms with van der Waals surface area (Å²) in [5.74, 6) is 1.38. The van der Waals surface area contributed by atoms with Crippen molar-refractivity contribution in [3.05, 3.63) is 60.0 Å². The Morgan fingerprint density at radius 3 is 3.00 bits per heavy atom. The van der Waals surface area contributed by atoms with Crippen LogP contribution >= 0.6 is 0 Å². The molecule has 26 heavy (non-hydrogen) atoms. The molecule has 1 aliphatic carbocycles. The third-order valence-corrected chi connectivity index (χ3v) is 4.82. The van der Waals surface area contributed by atoms with Gasteiger partial charge in [0.1, 0.15) is 11.5 Å². The monoisotopic (exact) mass is 345 g/mol. The van der Waals surface area contributed by atoms with Crippen LogP contribution in [0.5, 0.6) is 0 Å². The first-order chi connectivity index (χ1) is 12.8. The molecule has 0 aliphatic heterocycles. The molecule has 1 atom stereocenters. The Morgan fingerprint density at radius 1 is 1.19 bits per heavy atom. The van der Waals surface area contributed by atoms with Crippen LogP contribution < -0.4 is 10.6 Å². The van der Waals surface area contributed by atoms with Gasteiger partial charge in [-0.25, -0.2) is 0 Å². The summed E-state index contributed by atoms with van der Waals surface area (Å²) >= 11 is 0. The standard InChI is InChI=1S/C19H19N7/c1-26-11-13(10-21-26)22-19-24-17-15(8-9-20-17)18(25-19)23-16-7-6-12-4-2-3-5-14(12)16/h2-5,8-11,16H,6-7H2,1H3,(H3,20,22,23,24,25)/t16-/m0/s1. The summed E-state index contributed by atoms with van der Waals surface area (Å²) in [7, 11) is 1.88. The van der Waals surface area contributed by atoms with Crippen LogP contribution in [-0.4, -0.2) is 24.7 Å². The predicted molar refractivity (Wildman–Crippen MR) is 102 cm³/mol. The molecule has 3 N–H and O–H groups in total. The molecule has 0 unspecified atom stereocenters. The maximum absolute atomic E-state index is 4.72. The fourth-order valence-electron chi connectivity index (χ4n) is 3.59. The van der Waals surface area contributed by atoms with E-state index in [1.807, 2.05) is 25.5 Å².